The van der Waals surface area contributed by atoms with Crippen molar-refractivity contribution in [1.82, 2.24) is 19.7 Å². The van der Waals surface area contributed by atoms with Crippen LogP contribution in [0.3, 0.4) is 0 Å². The van der Waals surface area contributed by atoms with Crippen LogP contribution in [0.1, 0.15) is 19.8 Å². The maximum atomic E-state index is 13.1. The van der Waals surface area contributed by atoms with Crippen LogP contribution in [-0.4, -0.2) is 25.5 Å². The van der Waals surface area contributed by atoms with E-state index in [-0.39, 0.29) is 12.0 Å². The van der Waals surface area contributed by atoms with Gasteiger partial charge in [0.2, 0.25) is 0 Å². The Morgan fingerprint density at radius 2 is 1.93 bits per heavy atom. The molecule has 4 aromatic rings. The molecule has 0 radical (unpaired) electrons. The van der Waals surface area contributed by atoms with Gasteiger partial charge in [-0.15, -0.1) is 0 Å². The summed E-state index contributed by atoms with van der Waals surface area (Å²) in [6.07, 6.45) is -0.673. The number of hydrogen-bond acceptors (Lipinski definition) is 4. The molecule has 0 fully saturated rings. The molecule has 2 heterocycles. The van der Waals surface area contributed by atoms with Gasteiger partial charge in [0.05, 0.1) is 29.5 Å². The zero-order valence-corrected chi connectivity index (χ0v) is 15.5. The molecular weight excluding hydrogens is 355 g/mol. The van der Waals surface area contributed by atoms with E-state index in [4.69, 9.17) is 2.74 Å². The molecule has 0 unspecified atom stereocenters. The molecule has 4 rings (SSSR count). The molecule has 140 valence electrons. The number of Topliss-reactive ketones (excluding diaryl/α,β-unsaturated/α-hetero) is 1. The molecule has 0 aliphatic heterocycles. The lowest BCUT2D eigenvalue weighted by atomic mass is 10.0. The van der Waals surface area contributed by atoms with Crippen molar-refractivity contribution in [2.24, 2.45) is 7.05 Å². The smallest absolute Gasteiger partial charge is 0.143 e. The second-order valence-corrected chi connectivity index (χ2v) is 6.59. The van der Waals surface area contributed by atoms with Gasteiger partial charge in [0.25, 0.3) is 0 Å². The largest absolute Gasteiger partial charge is 0.331 e. The molecule has 28 heavy (non-hydrogen) atoms. The lowest BCUT2D eigenvalue weighted by Gasteiger charge is -2.06. The lowest BCUT2D eigenvalue weighted by Crippen LogP contribution is -2.08. The summed E-state index contributed by atoms with van der Waals surface area (Å²) >= 11 is 0. The minimum Gasteiger partial charge on any atom is -0.331 e. The molecule has 0 saturated carbocycles. The van der Waals surface area contributed by atoms with Crippen molar-refractivity contribution in [2.45, 2.75) is 19.7 Å². The number of benzene rings is 2. The third kappa shape index (κ3) is 3.67. The third-order valence-electron chi connectivity index (χ3n) is 4.62. The van der Waals surface area contributed by atoms with Crippen LogP contribution in [0.5, 0.6) is 0 Å². The number of carbonyl (C=O) groups is 1. The first-order valence-corrected chi connectivity index (χ1v) is 8.80. The van der Waals surface area contributed by atoms with Crippen molar-refractivity contribution in [1.29, 1.82) is 0 Å². The highest BCUT2D eigenvalue weighted by atomic mass is 19.1. The fourth-order valence-corrected chi connectivity index (χ4v) is 3.01. The van der Waals surface area contributed by atoms with Crippen molar-refractivity contribution < 1.29 is 11.9 Å². The number of nitrogens with zero attached hydrogens (tertiary/aromatic N) is 4. The SMILES string of the molecule is [2H]C([2H])(C(=O)Cc1cc2cc(-c3cnc(C)n3C)ccc2nn1)c1ccc(F)cc1. The van der Waals surface area contributed by atoms with E-state index in [1.165, 1.54) is 12.1 Å². The van der Waals surface area contributed by atoms with Gasteiger partial charge in [-0.25, -0.2) is 9.37 Å². The van der Waals surface area contributed by atoms with Gasteiger partial charge < -0.3 is 4.57 Å². The Balaban J connectivity index is 1.63. The Bertz CT molecular complexity index is 1250. The number of imidazole rings is 1. The zero-order chi connectivity index (χ0) is 21.5. The van der Waals surface area contributed by atoms with Crippen molar-refractivity contribution >= 4 is 16.7 Å². The molecule has 0 aliphatic carbocycles. The number of aromatic nitrogens is 4. The number of rotatable bonds is 5. The van der Waals surface area contributed by atoms with Crippen LogP contribution >= 0.6 is 0 Å². The average molecular weight is 376 g/mol. The van der Waals surface area contributed by atoms with Gasteiger partial charge in [-0.05, 0) is 42.8 Å². The molecule has 0 aliphatic rings. The topological polar surface area (TPSA) is 60.7 Å². The van der Waals surface area contributed by atoms with E-state index in [0.717, 1.165) is 34.6 Å². The molecule has 2 aromatic carbocycles. The Kier molecular flexibility index (Phi) is 4.08. The predicted molar refractivity (Wildman–Crippen MR) is 105 cm³/mol. The monoisotopic (exact) mass is 376 g/mol. The van der Waals surface area contributed by atoms with Gasteiger partial charge in [-0.3, -0.25) is 4.79 Å². The Morgan fingerprint density at radius 3 is 2.64 bits per heavy atom. The summed E-state index contributed by atoms with van der Waals surface area (Å²) in [6.45, 7) is 1.93. The highest BCUT2D eigenvalue weighted by molar-refractivity contribution is 5.86. The highest BCUT2D eigenvalue weighted by Gasteiger charge is 2.10. The average Bonchev–Trinajstić information content (AvgIpc) is 3.06. The summed E-state index contributed by atoms with van der Waals surface area (Å²) in [5.74, 6) is -0.254. The van der Waals surface area contributed by atoms with E-state index >= 15 is 0 Å². The number of hydrogen-bond donors (Lipinski definition) is 0. The minimum atomic E-state index is -2.25. The van der Waals surface area contributed by atoms with Crippen LogP contribution in [-0.2, 0) is 24.6 Å². The lowest BCUT2D eigenvalue weighted by molar-refractivity contribution is -0.117. The molecule has 0 N–H and O–H groups in total. The molecule has 0 atom stereocenters. The molecule has 0 bridgehead atoms. The standard InChI is InChI=1S/C22H19FN4O/c1-14-24-13-22(27(14)2)16-5-8-21-17(10-16)11-19(25-26-21)12-20(28)9-15-3-6-18(23)7-4-15/h3-8,10-11,13H,9,12H2,1-2H3/i9D2. The maximum Gasteiger partial charge on any atom is 0.143 e. The normalized spacial score (nSPS) is 12.7. The molecule has 0 spiro atoms. The zero-order valence-electron chi connectivity index (χ0n) is 17.5. The van der Waals surface area contributed by atoms with Crippen LogP contribution in [0.2, 0.25) is 0 Å². The van der Waals surface area contributed by atoms with Gasteiger partial charge in [0.1, 0.15) is 17.4 Å². The number of fused-ring (bicyclic) bond motifs is 1. The first-order valence-electron chi connectivity index (χ1n) is 9.80. The number of halogens is 1. The molecule has 6 heteroatoms. The van der Waals surface area contributed by atoms with Crippen LogP contribution < -0.4 is 0 Å². The summed E-state index contributed by atoms with van der Waals surface area (Å²) in [4.78, 5) is 17.0. The van der Waals surface area contributed by atoms with Crippen molar-refractivity contribution in [3.05, 3.63) is 77.6 Å². The third-order valence-corrected chi connectivity index (χ3v) is 4.62. The molecular formula is C22H19FN4O. The molecule has 0 amide bonds. The molecule has 2 aromatic heterocycles. The van der Waals surface area contributed by atoms with E-state index in [1.54, 1.807) is 12.3 Å². The number of ketones is 1. The van der Waals surface area contributed by atoms with Crippen LogP contribution in [0.4, 0.5) is 4.39 Å². The summed E-state index contributed by atoms with van der Waals surface area (Å²) in [5, 5.41) is 9.04. The van der Waals surface area contributed by atoms with E-state index in [9.17, 15) is 9.18 Å². The predicted octanol–water partition coefficient (Wildman–Crippen LogP) is 3.83. The van der Waals surface area contributed by atoms with Gasteiger partial charge in [0.15, 0.2) is 0 Å². The number of carbonyl (C=O) groups excluding carboxylic acids is 1. The summed E-state index contributed by atoms with van der Waals surface area (Å²) < 4.78 is 31.4. The first kappa shape index (κ1) is 15.6. The van der Waals surface area contributed by atoms with Crippen LogP contribution in [0.15, 0.2) is 54.7 Å². The van der Waals surface area contributed by atoms with Crippen molar-refractivity contribution in [3.8, 4) is 11.3 Å². The quantitative estimate of drug-likeness (QED) is 0.531. The maximum absolute atomic E-state index is 13.1. The number of aryl methyl sites for hydroxylation is 1. The highest BCUT2D eigenvalue weighted by Crippen LogP contribution is 2.24. The fourth-order valence-electron chi connectivity index (χ4n) is 3.01. The van der Waals surface area contributed by atoms with Gasteiger partial charge >= 0.3 is 0 Å². The van der Waals surface area contributed by atoms with E-state index in [0.29, 0.717) is 11.2 Å². The van der Waals surface area contributed by atoms with Crippen LogP contribution in [0.25, 0.3) is 22.2 Å². The van der Waals surface area contributed by atoms with Crippen molar-refractivity contribution in [2.75, 3.05) is 0 Å². The second-order valence-electron chi connectivity index (χ2n) is 6.59. The first-order chi connectivity index (χ1) is 14.3. The Hall–Kier alpha value is -3.41. The Labute approximate surface area is 164 Å². The summed E-state index contributed by atoms with van der Waals surface area (Å²) in [7, 11) is 1.94. The van der Waals surface area contributed by atoms with Crippen LogP contribution in [0, 0.1) is 12.7 Å². The summed E-state index contributed by atoms with van der Waals surface area (Å²) in [5.41, 5.74) is 3.07. The fraction of sp³-hybridized carbons (Fsp3) is 0.182. The Morgan fingerprint density at radius 1 is 1.14 bits per heavy atom. The van der Waals surface area contributed by atoms with E-state index in [1.807, 2.05) is 36.7 Å². The van der Waals surface area contributed by atoms with Gasteiger partial charge in [-0.2, -0.15) is 10.2 Å². The van der Waals surface area contributed by atoms with Gasteiger partial charge in [0, 0.05) is 27.1 Å². The van der Waals surface area contributed by atoms with Gasteiger partial charge in [-0.1, -0.05) is 18.2 Å². The second kappa shape index (κ2) is 7.31. The van der Waals surface area contributed by atoms with Crippen molar-refractivity contribution in [3.63, 3.8) is 0 Å². The van der Waals surface area contributed by atoms with E-state index in [2.05, 4.69) is 15.2 Å². The minimum absolute atomic E-state index is 0.108. The molecule has 0 saturated heterocycles. The van der Waals surface area contributed by atoms with E-state index < -0.39 is 18.0 Å². The summed E-state index contributed by atoms with van der Waals surface area (Å²) in [6, 6.07) is 12.3. The molecule has 5 nitrogen and oxygen atoms in total.